The summed E-state index contributed by atoms with van der Waals surface area (Å²) in [6.07, 6.45) is 0. The highest BCUT2D eigenvalue weighted by atomic mass is 35.5. The fraction of sp³-hybridized carbons (Fsp3) is 0.0714. The molecule has 2 rings (SSSR count). The van der Waals surface area contributed by atoms with Crippen LogP contribution in [0.5, 0.6) is 5.75 Å². The minimum atomic E-state index is -3.73. The number of hydrogen-bond acceptors (Lipinski definition) is 4. The topological polar surface area (TPSA) is 83.5 Å². The van der Waals surface area contributed by atoms with Crippen LogP contribution in [0.3, 0.4) is 0 Å². The number of hydrogen-bond donors (Lipinski definition) is 2. The van der Waals surface area contributed by atoms with Crippen molar-refractivity contribution in [1.82, 2.24) is 0 Å². The second-order valence-electron chi connectivity index (χ2n) is 4.28. The largest absolute Gasteiger partial charge is 0.506 e. The highest BCUT2D eigenvalue weighted by molar-refractivity contribution is 7.92. The van der Waals surface area contributed by atoms with Gasteiger partial charge in [0.05, 0.1) is 10.6 Å². The molecule has 2 N–H and O–H groups in total. The van der Waals surface area contributed by atoms with E-state index >= 15 is 0 Å². The van der Waals surface area contributed by atoms with Gasteiger partial charge in [-0.1, -0.05) is 29.8 Å². The normalized spacial score (nSPS) is 11.1. The molecule has 0 radical (unpaired) electrons. The lowest BCUT2D eigenvalue weighted by molar-refractivity contribution is -0.113. The summed E-state index contributed by atoms with van der Waals surface area (Å²) in [6, 6.07) is 11.8. The van der Waals surface area contributed by atoms with E-state index in [9.17, 15) is 18.3 Å². The molecule has 0 unspecified atom stereocenters. The van der Waals surface area contributed by atoms with E-state index < -0.39 is 21.5 Å². The Morgan fingerprint density at radius 3 is 2.48 bits per heavy atom. The van der Waals surface area contributed by atoms with Crippen molar-refractivity contribution in [3.63, 3.8) is 0 Å². The number of aromatic hydroxyl groups is 1. The van der Waals surface area contributed by atoms with Crippen molar-refractivity contribution in [3.8, 4) is 5.75 Å². The van der Waals surface area contributed by atoms with Gasteiger partial charge in [-0.05, 0) is 30.3 Å². The number of phenolic OH excluding ortho intramolecular Hbond substituents is 1. The Morgan fingerprint density at radius 2 is 1.81 bits per heavy atom. The van der Waals surface area contributed by atoms with Gasteiger partial charge in [0, 0.05) is 5.02 Å². The Bertz CT molecular complexity index is 760. The first kappa shape index (κ1) is 15.3. The van der Waals surface area contributed by atoms with Crippen molar-refractivity contribution in [3.05, 3.63) is 53.6 Å². The Hall–Kier alpha value is -2.05. The molecule has 5 nitrogen and oxygen atoms in total. The third-order valence-electron chi connectivity index (χ3n) is 2.66. The quantitative estimate of drug-likeness (QED) is 0.846. The van der Waals surface area contributed by atoms with Crippen LogP contribution in [0.4, 0.5) is 5.69 Å². The van der Waals surface area contributed by atoms with Crippen molar-refractivity contribution in [2.75, 3.05) is 11.1 Å². The summed E-state index contributed by atoms with van der Waals surface area (Å²) in [6.45, 7) is 0. The van der Waals surface area contributed by atoms with E-state index in [-0.39, 0.29) is 16.3 Å². The first-order valence-corrected chi connectivity index (χ1v) is 7.98. The monoisotopic (exact) mass is 325 g/mol. The average molecular weight is 326 g/mol. The molecule has 0 saturated carbocycles. The summed E-state index contributed by atoms with van der Waals surface area (Å²) in [4.78, 5) is 11.9. The number of benzene rings is 2. The van der Waals surface area contributed by atoms with E-state index in [1.807, 2.05) is 0 Å². The smallest absolute Gasteiger partial charge is 0.240 e. The van der Waals surface area contributed by atoms with Crippen LogP contribution < -0.4 is 5.32 Å². The SMILES string of the molecule is O=C(CS(=O)(=O)c1ccccc1)Nc1cc(Cl)ccc1O. The molecule has 0 atom stereocenters. The van der Waals surface area contributed by atoms with Gasteiger partial charge in [-0.3, -0.25) is 4.79 Å². The van der Waals surface area contributed by atoms with Crippen LogP contribution in [0.15, 0.2) is 53.4 Å². The van der Waals surface area contributed by atoms with Crippen LogP contribution in [0, 0.1) is 0 Å². The van der Waals surface area contributed by atoms with Crippen molar-refractivity contribution < 1.29 is 18.3 Å². The van der Waals surface area contributed by atoms with E-state index in [0.29, 0.717) is 5.02 Å². The van der Waals surface area contributed by atoms with E-state index in [1.165, 1.54) is 30.3 Å². The number of rotatable bonds is 4. The van der Waals surface area contributed by atoms with Crippen LogP contribution in [0.2, 0.25) is 5.02 Å². The Morgan fingerprint density at radius 1 is 1.14 bits per heavy atom. The van der Waals surface area contributed by atoms with E-state index in [2.05, 4.69) is 5.32 Å². The Labute approximate surface area is 127 Å². The van der Waals surface area contributed by atoms with E-state index in [4.69, 9.17) is 11.6 Å². The number of amides is 1. The number of phenols is 1. The highest BCUT2D eigenvalue weighted by Crippen LogP contribution is 2.26. The van der Waals surface area contributed by atoms with E-state index in [0.717, 1.165) is 0 Å². The molecule has 2 aromatic carbocycles. The van der Waals surface area contributed by atoms with Gasteiger partial charge in [0.1, 0.15) is 11.5 Å². The van der Waals surface area contributed by atoms with Crippen LogP contribution in [-0.2, 0) is 14.6 Å². The summed E-state index contributed by atoms with van der Waals surface area (Å²) < 4.78 is 24.1. The molecule has 0 aromatic heterocycles. The molecule has 0 heterocycles. The summed E-state index contributed by atoms with van der Waals surface area (Å²) >= 11 is 5.75. The summed E-state index contributed by atoms with van der Waals surface area (Å²) in [5.74, 6) is -1.66. The standard InChI is InChI=1S/C14H12ClNO4S/c15-10-6-7-13(17)12(8-10)16-14(18)9-21(19,20)11-4-2-1-3-5-11/h1-8,17H,9H2,(H,16,18). The average Bonchev–Trinajstić information content (AvgIpc) is 2.43. The van der Waals surface area contributed by atoms with Gasteiger partial charge in [-0.15, -0.1) is 0 Å². The van der Waals surface area contributed by atoms with Crippen LogP contribution in [0.25, 0.3) is 0 Å². The molecule has 2 aromatic rings. The fourth-order valence-corrected chi connectivity index (χ4v) is 3.01. The molecule has 7 heteroatoms. The number of halogens is 1. The molecular weight excluding hydrogens is 314 g/mol. The first-order chi connectivity index (χ1) is 9.88. The third-order valence-corrected chi connectivity index (χ3v) is 4.52. The number of carbonyl (C=O) groups is 1. The number of nitrogens with one attached hydrogen (secondary N) is 1. The molecule has 0 spiro atoms. The molecule has 0 aliphatic carbocycles. The lowest BCUT2D eigenvalue weighted by Crippen LogP contribution is -2.23. The minimum Gasteiger partial charge on any atom is -0.506 e. The predicted molar refractivity (Wildman–Crippen MR) is 80.2 cm³/mol. The third kappa shape index (κ3) is 3.96. The van der Waals surface area contributed by atoms with Gasteiger partial charge in [-0.25, -0.2) is 8.42 Å². The maximum Gasteiger partial charge on any atom is 0.240 e. The van der Waals surface area contributed by atoms with Crippen molar-refractivity contribution in [1.29, 1.82) is 0 Å². The van der Waals surface area contributed by atoms with Crippen LogP contribution in [0.1, 0.15) is 0 Å². The molecule has 0 aliphatic heterocycles. The molecule has 0 fully saturated rings. The number of sulfone groups is 1. The molecular formula is C14H12ClNO4S. The van der Waals surface area contributed by atoms with Gasteiger partial charge in [0.15, 0.2) is 9.84 Å². The highest BCUT2D eigenvalue weighted by Gasteiger charge is 2.19. The molecule has 0 saturated heterocycles. The summed E-state index contributed by atoms with van der Waals surface area (Å²) in [7, 11) is -3.73. The van der Waals surface area contributed by atoms with Gasteiger partial charge in [0.25, 0.3) is 0 Å². The molecule has 21 heavy (non-hydrogen) atoms. The van der Waals surface area contributed by atoms with Crippen molar-refractivity contribution in [2.45, 2.75) is 4.90 Å². The predicted octanol–water partition coefficient (Wildman–Crippen LogP) is 2.46. The van der Waals surface area contributed by atoms with Gasteiger partial charge in [-0.2, -0.15) is 0 Å². The number of anilines is 1. The lowest BCUT2D eigenvalue weighted by Gasteiger charge is -2.08. The molecule has 110 valence electrons. The maximum absolute atomic E-state index is 12.0. The zero-order valence-corrected chi connectivity index (χ0v) is 12.4. The van der Waals surface area contributed by atoms with Crippen LogP contribution in [-0.4, -0.2) is 25.2 Å². The van der Waals surface area contributed by atoms with Crippen LogP contribution >= 0.6 is 11.6 Å². The second kappa shape index (κ2) is 6.15. The molecule has 1 amide bonds. The zero-order valence-electron chi connectivity index (χ0n) is 10.8. The zero-order chi connectivity index (χ0) is 15.5. The lowest BCUT2D eigenvalue weighted by atomic mass is 10.3. The van der Waals surface area contributed by atoms with Gasteiger partial charge < -0.3 is 10.4 Å². The maximum atomic E-state index is 12.0. The molecule has 0 bridgehead atoms. The Balaban J connectivity index is 2.14. The summed E-state index contributed by atoms with van der Waals surface area (Å²) in [5.41, 5.74) is 0.0655. The minimum absolute atomic E-state index is 0.0652. The molecule has 0 aliphatic rings. The van der Waals surface area contributed by atoms with Crippen molar-refractivity contribution >= 4 is 33.0 Å². The van der Waals surface area contributed by atoms with Crippen molar-refractivity contribution in [2.24, 2.45) is 0 Å². The van der Waals surface area contributed by atoms with Gasteiger partial charge >= 0.3 is 0 Å². The Kier molecular flexibility index (Phi) is 4.50. The first-order valence-electron chi connectivity index (χ1n) is 5.95. The summed E-state index contributed by atoms with van der Waals surface area (Å²) in [5, 5.41) is 12.2. The number of carbonyl (C=O) groups excluding carboxylic acids is 1. The fourth-order valence-electron chi connectivity index (χ4n) is 1.68. The second-order valence-corrected chi connectivity index (χ2v) is 6.71. The van der Waals surface area contributed by atoms with Gasteiger partial charge in [0.2, 0.25) is 5.91 Å². The van der Waals surface area contributed by atoms with E-state index in [1.54, 1.807) is 18.2 Å².